The Hall–Kier alpha value is -3.35. The summed E-state index contributed by atoms with van der Waals surface area (Å²) in [5.41, 5.74) is -0.0812. The molecule has 3 rings (SSSR count). The Morgan fingerprint density at radius 2 is 1.75 bits per heavy atom. The van der Waals surface area contributed by atoms with Crippen LogP contribution in [0.5, 0.6) is 0 Å². The molecule has 7 heteroatoms. The summed E-state index contributed by atoms with van der Waals surface area (Å²) in [4.78, 5) is 37.6. The minimum Gasteiger partial charge on any atom is -0.449 e. The van der Waals surface area contributed by atoms with Gasteiger partial charge in [-0.2, -0.15) is 5.10 Å². The van der Waals surface area contributed by atoms with Gasteiger partial charge in [0.15, 0.2) is 11.8 Å². The average molecular weight is 382 g/mol. The van der Waals surface area contributed by atoms with Gasteiger partial charge in [-0.3, -0.25) is 9.59 Å². The minimum atomic E-state index is -1.09. The molecule has 0 amide bonds. The molecule has 144 valence electrons. The number of carbonyl (C=O) groups is 2. The van der Waals surface area contributed by atoms with Gasteiger partial charge in [0, 0.05) is 17.5 Å². The second kappa shape index (κ2) is 8.12. The van der Waals surface area contributed by atoms with E-state index in [1.807, 2.05) is 6.92 Å². The fourth-order valence-corrected chi connectivity index (χ4v) is 2.87. The number of hydrogen-bond acceptors (Lipinski definition) is 5. The second-order valence-corrected chi connectivity index (χ2v) is 6.34. The second-order valence-electron chi connectivity index (χ2n) is 6.34. The van der Waals surface area contributed by atoms with Crippen LogP contribution in [0.3, 0.4) is 0 Å². The van der Waals surface area contributed by atoms with Gasteiger partial charge >= 0.3 is 5.97 Å². The lowest BCUT2D eigenvalue weighted by Gasteiger charge is -2.14. The van der Waals surface area contributed by atoms with Gasteiger partial charge in [-0.15, -0.1) is 0 Å². The van der Waals surface area contributed by atoms with E-state index < -0.39 is 23.7 Å². The van der Waals surface area contributed by atoms with E-state index in [2.05, 4.69) is 5.10 Å². The van der Waals surface area contributed by atoms with Crippen LogP contribution in [0.2, 0.25) is 0 Å². The van der Waals surface area contributed by atoms with Crippen LogP contribution >= 0.6 is 0 Å². The van der Waals surface area contributed by atoms with E-state index in [1.165, 1.54) is 23.7 Å². The number of benzene rings is 2. The largest absolute Gasteiger partial charge is 0.449 e. The maximum absolute atomic E-state index is 13.0. The first kappa shape index (κ1) is 19.4. The van der Waals surface area contributed by atoms with Crippen LogP contribution in [0, 0.1) is 5.82 Å². The third kappa shape index (κ3) is 3.83. The molecule has 1 heterocycles. The summed E-state index contributed by atoms with van der Waals surface area (Å²) in [6.07, 6.45) is -0.427. The van der Waals surface area contributed by atoms with Crippen molar-refractivity contribution in [2.75, 3.05) is 0 Å². The molecule has 0 aliphatic heterocycles. The maximum Gasteiger partial charge on any atom is 0.360 e. The molecule has 1 atom stereocenters. The predicted molar refractivity (Wildman–Crippen MR) is 102 cm³/mol. The van der Waals surface area contributed by atoms with E-state index in [1.54, 1.807) is 24.3 Å². The molecule has 1 aromatic heterocycles. The van der Waals surface area contributed by atoms with Crippen molar-refractivity contribution in [2.24, 2.45) is 0 Å². The summed E-state index contributed by atoms with van der Waals surface area (Å²) in [6.45, 7) is 3.69. The van der Waals surface area contributed by atoms with Gasteiger partial charge in [-0.25, -0.2) is 13.9 Å². The third-order valence-corrected chi connectivity index (χ3v) is 4.28. The fourth-order valence-electron chi connectivity index (χ4n) is 2.87. The molecule has 2 aromatic carbocycles. The zero-order valence-electron chi connectivity index (χ0n) is 15.5. The molecule has 0 fully saturated rings. The highest BCUT2D eigenvalue weighted by molar-refractivity contribution is 6.05. The van der Waals surface area contributed by atoms with E-state index in [0.29, 0.717) is 23.7 Å². The number of aryl methyl sites for hydroxylation is 1. The zero-order valence-corrected chi connectivity index (χ0v) is 15.5. The molecule has 0 aliphatic rings. The van der Waals surface area contributed by atoms with Crippen LogP contribution in [-0.4, -0.2) is 27.6 Å². The number of Topliss-reactive ketones (excluding diaryl/α,β-unsaturated/α-hetero) is 1. The first-order valence-corrected chi connectivity index (χ1v) is 8.93. The van der Waals surface area contributed by atoms with Crippen molar-refractivity contribution in [2.45, 2.75) is 32.9 Å². The monoisotopic (exact) mass is 382 g/mol. The number of esters is 1. The summed E-state index contributed by atoms with van der Waals surface area (Å²) in [6, 6.07) is 11.6. The fraction of sp³-hybridized carbons (Fsp3) is 0.238. The lowest BCUT2D eigenvalue weighted by atomic mass is 10.1. The highest BCUT2D eigenvalue weighted by atomic mass is 19.1. The molecule has 0 radical (unpaired) electrons. The van der Waals surface area contributed by atoms with E-state index in [9.17, 15) is 18.8 Å². The molecule has 0 spiro atoms. The number of aromatic nitrogens is 2. The number of halogens is 1. The standard InChI is InChI=1S/C21H19FN2O4/c1-3-12-24-20(26)17-7-5-4-6-16(17)18(23-24)21(27)28-13(2)19(25)14-8-10-15(22)11-9-14/h4-11,13H,3,12H2,1-2H3/t13-/m0/s1. The summed E-state index contributed by atoms with van der Waals surface area (Å²) < 4.78 is 19.6. The third-order valence-electron chi connectivity index (χ3n) is 4.28. The number of hydrogen-bond donors (Lipinski definition) is 0. The molecule has 0 N–H and O–H groups in total. The summed E-state index contributed by atoms with van der Waals surface area (Å²) in [5, 5.41) is 4.88. The van der Waals surface area contributed by atoms with Crippen molar-refractivity contribution in [3.8, 4) is 0 Å². The van der Waals surface area contributed by atoms with Gasteiger partial charge in [0.25, 0.3) is 5.56 Å². The van der Waals surface area contributed by atoms with Gasteiger partial charge in [0.1, 0.15) is 5.82 Å². The first-order chi connectivity index (χ1) is 13.4. The number of rotatable bonds is 6. The Morgan fingerprint density at radius 1 is 1.11 bits per heavy atom. The number of ether oxygens (including phenoxy) is 1. The Bertz CT molecular complexity index is 1090. The highest BCUT2D eigenvalue weighted by Gasteiger charge is 2.24. The quantitative estimate of drug-likeness (QED) is 0.482. The summed E-state index contributed by atoms with van der Waals surface area (Å²) in [7, 11) is 0. The van der Waals surface area contributed by atoms with Crippen molar-refractivity contribution >= 4 is 22.5 Å². The van der Waals surface area contributed by atoms with Gasteiger partial charge in [0.05, 0.1) is 5.39 Å². The molecular formula is C21H19FN2O4. The molecule has 0 saturated heterocycles. The predicted octanol–water partition coefficient (Wildman–Crippen LogP) is 3.37. The van der Waals surface area contributed by atoms with Crippen LogP contribution in [0.25, 0.3) is 10.8 Å². The lowest BCUT2D eigenvalue weighted by Crippen LogP contribution is -2.29. The van der Waals surface area contributed by atoms with E-state index in [-0.39, 0.29) is 16.8 Å². The van der Waals surface area contributed by atoms with E-state index >= 15 is 0 Å². The smallest absolute Gasteiger partial charge is 0.360 e. The molecule has 6 nitrogen and oxygen atoms in total. The number of ketones is 1. The van der Waals surface area contributed by atoms with E-state index in [0.717, 1.165) is 12.1 Å². The van der Waals surface area contributed by atoms with Gasteiger partial charge < -0.3 is 4.74 Å². The topological polar surface area (TPSA) is 78.3 Å². The molecule has 0 unspecified atom stereocenters. The van der Waals surface area contributed by atoms with Gasteiger partial charge in [-0.05, 0) is 43.7 Å². The molecule has 0 aliphatic carbocycles. The molecule has 0 saturated carbocycles. The highest BCUT2D eigenvalue weighted by Crippen LogP contribution is 2.16. The van der Waals surface area contributed by atoms with Crippen LogP contribution in [0.4, 0.5) is 4.39 Å². The van der Waals surface area contributed by atoms with Crippen molar-refractivity contribution in [1.29, 1.82) is 0 Å². The van der Waals surface area contributed by atoms with Crippen molar-refractivity contribution < 1.29 is 18.7 Å². The van der Waals surface area contributed by atoms with Crippen molar-refractivity contribution in [3.63, 3.8) is 0 Å². The normalized spacial score (nSPS) is 12.0. The number of carbonyl (C=O) groups excluding carboxylic acids is 2. The maximum atomic E-state index is 13.0. The first-order valence-electron chi connectivity index (χ1n) is 8.93. The van der Waals surface area contributed by atoms with E-state index in [4.69, 9.17) is 4.74 Å². The van der Waals surface area contributed by atoms with Crippen LogP contribution in [-0.2, 0) is 11.3 Å². The molecular weight excluding hydrogens is 363 g/mol. The number of fused-ring (bicyclic) bond motifs is 1. The zero-order chi connectivity index (χ0) is 20.3. The molecule has 3 aromatic rings. The summed E-state index contributed by atoms with van der Waals surface area (Å²) in [5.74, 6) is -1.72. The van der Waals surface area contributed by atoms with Gasteiger partial charge in [-0.1, -0.05) is 25.1 Å². The van der Waals surface area contributed by atoms with Crippen LogP contribution in [0.15, 0.2) is 53.3 Å². The lowest BCUT2D eigenvalue weighted by molar-refractivity contribution is 0.0312. The Labute approximate surface area is 160 Å². The Balaban J connectivity index is 1.92. The number of nitrogens with zero attached hydrogens (tertiary/aromatic N) is 2. The molecule has 28 heavy (non-hydrogen) atoms. The van der Waals surface area contributed by atoms with Crippen LogP contribution in [0.1, 0.15) is 41.1 Å². The minimum absolute atomic E-state index is 0.0255. The SMILES string of the molecule is CCCn1nc(C(=O)O[C@@H](C)C(=O)c2ccc(F)cc2)c2ccccc2c1=O. The Morgan fingerprint density at radius 3 is 2.39 bits per heavy atom. The van der Waals surface area contributed by atoms with Crippen molar-refractivity contribution in [3.05, 3.63) is 76.0 Å². The Kier molecular flexibility index (Phi) is 5.63. The van der Waals surface area contributed by atoms with Crippen LogP contribution < -0.4 is 5.56 Å². The van der Waals surface area contributed by atoms with Gasteiger partial charge in [0.2, 0.25) is 5.78 Å². The molecule has 0 bridgehead atoms. The van der Waals surface area contributed by atoms with Crippen molar-refractivity contribution in [1.82, 2.24) is 9.78 Å². The summed E-state index contributed by atoms with van der Waals surface area (Å²) >= 11 is 0. The average Bonchev–Trinajstić information content (AvgIpc) is 2.70.